The van der Waals surface area contributed by atoms with E-state index in [0.717, 1.165) is 5.57 Å². The lowest BCUT2D eigenvalue weighted by Crippen LogP contribution is -2.51. The topological polar surface area (TPSA) is 49.4 Å². The van der Waals surface area contributed by atoms with Crippen LogP contribution in [0.5, 0.6) is 0 Å². The average molecular weight is 208 g/mol. The fraction of sp³-hybridized carbons (Fsp3) is 0.455. The fourth-order valence-electron chi connectivity index (χ4n) is 1.47. The minimum Gasteiger partial charge on any atom is -0.294 e. The third-order valence-corrected chi connectivity index (χ3v) is 2.06. The molecule has 1 fully saturated rings. The number of nitrogens with zero attached hydrogens (tertiary/aromatic N) is 1. The standard InChI is InChI=1S/C11H16N2O2/c1-3-4-5-9(2)6-13-7-10(14)12-11(15)8-13/h3-5H,6-8H2,1-2H3,(H,12,14,15)/b4-3-,9-5+. The number of allylic oxidation sites excluding steroid dienone is 3. The summed E-state index contributed by atoms with van der Waals surface area (Å²) in [4.78, 5) is 24.0. The number of nitrogens with one attached hydrogen (secondary N) is 1. The summed E-state index contributed by atoms with van der Waals surface area (Å²) in [6.07, 6.45) is 5.87. The van der Waals surface area contributed by atoms with E-state index in [2.05, 4.69) is 5.32 Å². The molecule has 1 N–H and O–H groups in total. The molecule has 0 aromatic carbocycles. The monoisotopic (exact) mass is 208 g/mol. The van der Waals surface area contributed by atoms with Crippen molar-refractivity contribution in [1.29, 1.82) is 0 Å². The first kappa shape index (κ1) is 11.7. The number of carbonyl (C=O) groups is 2. The summed E-state index contributed by atoms with van der Waals surface area (Å²) in [6.45, 7) is 5.18. The van der Waals surface area contributed by atoms with Gasteiger partial charge in [-0.2, -0.15) is 0 Å². The van der Waals surface area contributed by atoms with Crippen molar-refractivity contribution in [2.75, 3.05) is 19.6 Å². The number of piperazine rings is 1. The lowest BCUT2D eigenvalue weighted by Gasteiger charge is -2.25. The van der Waals surface area contributed by atoms with Crippen LogP contribution in [0.15, 0.2) is 23.8 Å². The van der Waals surface area contributed by atoms with Crippen molar-refractivity contribution < 1.29 is 9.59 Å². The van der Waals surface area contributed by atoms with E-state index >= 15 is 0 Å². The first-order valence-electron chi connectivity index (χ1n) is 4.95. The summed E-state index contributed by atoms with van der Waals surface area (Å²) in [5.41, 5.74) is 1.13. The summed E-state index contributed by atoms with van der Waals surface area (Å²) in [5.74, 6) is -0.435. The van der Waals surface area contributed by atoms with Crippen molar-refractivity contribution in [3.63, 3.8) is 0 Å². The van der Waals surface area contributed by atoms with Crippen LogP contribution in [-0.4, -0.2) is 36.3 Å². The highest BCUT2D eigenvalue weighted by Crippen LogP contribution is 2.01. The second kappa shape index (κ2) is 5.46. The van der Waals surface area contributed by atoms with E-state index in [-0.39, 0.29) is 11.8 Å². The largest absolute Gasteiger partial charge is 0.294 e. The highest BCUT2D eigenvalue weighted by atomic mass is 16.2. The van der Waals surface area contributed by atoms with Crippen molar-refractivity contribution >= 4 is 11.8 Å². The third kappa shape index (κ3) is 4.08. The van der Waals surface area contributed by atoms with Crippen molar-refractivity contribution in [1.82, 2.24) is 10.2 Å². The van der Waals surface area contributed by atoms with Crippen molar-refractivity contribution in [2.24, 2.45) is 0 Å². The van der Waals surface area contributed by atoms with Gasteiger partial charge >= 0.3 is 0 Å². The second-order valence-electron chi connectivity index (χ2n) is 3.66. The Balaban J connectivity index is 2.51. The van der Waals surface area contributed by atoms with Crippen LogP contribution in [0.25, 0.3) is 0 Å². The quantitative estimate of drug-likeness (QED) is 0.541. The van der Waals surface area contributed by atoms with Gasteiger partial charge in [0.05, 0.1) is 13.1 Å². The molecule has 0 radical (unpaired) electrons. The Morgan fingerprint density at radius 1 is 1.40 bits per heavy atom. The van der Waals surface area contributed by atoms with Gasteiger partial charge in [0, 0.05) is 6.54 Å². The first-order valence-corrected chi connectivity index (χ1v) is 4.95. The molecule has 1 aliphatic heterocycles. The summed E-state index contributed by atoms with van der Waals surface area (Å²) >= 11 is 0. The predicted octanol–water partition coefficient (Wildman–Crippen LogP) is 0.467. The van der Waals surface area contributed by atoms with E-state index in [1.807, 2.05) is 37.0 Å². The highest BCUT2D eigenvalue weighted by molar-refractivity contribution is 5.99. The Labute approximate surface area is 89.6 Å². The van der Waals surface area contributed by atoms with E-state index < -0.39 is 0 Å². The Hall–Kier alpha value is -1.42. The second-order valence-corrected chi connectivity index (χ2v) is 3.66. The fourth-order valence-corrected chi connectivity index (χ4v) is 1.47. The van der Waals surface area contributed by atoms with Gasteiger partial charge in [-0.1, -0.05) is 23.8 Å². The molecule has 82 valence electrons. The molecule has 1 aliphatic rings. The van der Waals surface area contributed by atoms with Crippen LogP contribution in [0, 0.1) is 0 Å². The molecule has 1 saturated heterocycles. The first-order chi connectivity index (χ1) is 7.11. The normalized spacial score (nSPS) is 19.7. The summed E-state index contributed by atoms with van der Waals surface area (Å²) in [7, 11) is 0. The molecular weight excluding hydrogens is 192 g/mol. The molecule has 2 amide bonds. The molecule has 0 unspecified atom stereocenters. The molecule has 0 aliphatic carbocycles. The van der Waals surface area contributed by atoms with E-state index in [1.165, 1.54) is 0 Å². The molecule has 1 rings (SSSR count). The number of imide groups is 1. The van der Waals surface area contributed by atoms with Gasteiger partial charge in [-0.3, -0.25) is 19.8 Å². The Bertz CT molecular complexity index is 303. The van der Waals surface area contributed by atoms with Gasteiger partial charge in [0.2, 0.25) is 11.8 Å². The van der Waals surface area contributed by atoms with Gasteiger partial charge < -0.3 is 0 Å². The van der Waals surface area contributed by atoms with Crippen LogP contribution in [0.1, 0.15) is 13.8 Å². The van der Waals surface area contributed by atoms with Gasteiger partial charge in [0.1, 0.15) is 0 Å². The lowest BCUT2D eigenvalue weighted by atomic mass is 10.2. The van der Waals surface area contributed by atoms with Crippen molar-refractivity contribution in [3.05, 3.63) is 23.8 Å². The molecule has 0 saturated carbocycles. The third-order valence-electron chi connectivity index (χ3n) is 2.06. The molecule has 0 aromatic rings. The average Bonchev–Trinajstić information content (AvgIpc) is 2.13. The molecule has 1 heterocycles. The summed E-state index contributed by atoms with van der Waals surface area (Å²) < 4.78 is 0. The van der Waals surface area contributed by atoms with Crippen LogP contribution in [0.3, 0.4) is 0 Å². The number of hydrogen-bond acceptors (Lipinski definition) is 3. The smallest absolute Gasteiger partial charge is 0.240 e. The lowest BCUT2D eigenvalue weighted by molar-refractivity contribution is -0.135. The van der Waals surface area contributed by atoms with E-state index in [1.54, 1.807) is 0 Å². The van der Waals surface area contributed by atoms with E-state index in [0.29, 0.717) is 19.6 Å². The van der Waals surface area contributed by atoms with Gasteiger partial charge in [0.15, 0.2) is 0 Å². The molecule has 4 heteroatoms. The number of hydrogen-bond donors (Lipinski definition) is 1. The van der Waals surface area contributed by atoms with Gasteiger partial charge in [-0.05, 0) is 13.8 Å². The van der Waals surface area contributed by atoms with Crippen molar-refractivity contribution in [3.8, 4) is 0 Å². The molecule has 0 aromatic heterocycles. The summed E-state index contributed by atoms with van der Waals surface area (Å²) in [5, 5.41) is 2.27. The zero-order chi connectivity index (χ0) is 11.3. The van der Waals surface area contributed by atoms with Gasteiger partial charge in [-0.25, -0.2) is 0 Å². The van der Waals surface area contributed by atoms with Gasteiger partial charge in [0.25, 0.3) is 0 Å². The number of rotatable bonds is 3. The maximum absolute atomic E-state index is 11.1. The van der Waals surface area contributed by atoms with Crippen LogP contribution >= 0.6 is 0 Å². The Morgan fingerprint density at radius 2 is 2.00 bits per heavy atom. The number of carbonyl (C=O) groups excluding carboxylic acids is 2. The number of amides is 2. The maximum atomic E-state index is 11.1. The SMILES string of the molecule is C/C=C\C=C(/C)CN1CC(=O)NC(=O)C1. The molecule has 0 spiro atoms. The Kier molecular flexibility index (Phi) is 4.24. The molecule has 0 atom stereocenters. The zero-order valence-electron chi connectivity index (χ0n) is 9.12. The molecule has 15 heavy (non-hydrogen) atoms. The molecule has 0 bridgehead atoms. The van der Waals surface area contributed by atoms with Crippen LogP contribution in [0.4, 0.5) is 0 Å². The molecular formula is C11H16N2O2. The Morgan fingerprint density at radius 3 is 2.53 bits per heavy atom. The van der Waals surface area contributed by atoms with E-state index in [9.17, 15) is 9.59 Å². The minimum absolute atomic E-state index is 0.218. The maximum Gasteiger partial charge on any atom is 0.240 e. The molecule has 4 nitrogen and oxygen atoms in total. The van der Waals surface area contributed by atoms with Crippen molar-refractivity contribution in [2.45, 2.75) is 13.8 Å². The van der Waals surface area contributed by atoms with Crippen LogP contribution in [0.2, 0.25) is 0 Å². The predicted molar refractivity (Wildman–Crippen MR) is 58.2 cm³/mol. The van der Waals surface area contributed by atoms with E-state index in [4.69, 9.17) is 0 Å². The highest BCUT2D eigenvalue weighted by Gasteiger charge is 2.21. The minimum atomic E-state index is -0.218. The van der Waals surface area contributed by atoms with Crippen LogP contribution < -0.4 is 5.32 Å². The van der Waals surface area contributed by atoms with Crippen LogP contribution in [-0.2, 0) is 9.59 Å². The van der Waals surface area contributed by atoms with Gasteiger partial charge in [-0.15, -0.1) is 0 Å². The summed E-state index contributed by atoms with van der Waals surface area (Å²) in [6, 6.07) is 0. The zero-order valence-corrected chi connectivity index (χ0v) is 9.12.